The third-order valence-corrected chi connectivity index (χ3v) is 3.05. The number of hydrogen-bond acceptors (Lipinski definition) is 3. The Morgan fingerprint density at radius 1 is 1.38 bits per heavy atom. The van der Waals surface area contributed by atoms with Crippen LogP contribution < -0.4 is 11.1 Å². The van der Waals surface area contributed by atoms with Crippen molar-refractivity contribution in [1.82, 2.24) is 5.32 Å². The van der Waals surface area contributed by atoms with Crippen molar-refractivity contribution < 1.29 is 9.53 Å². The number of rotatable bonds is 8. The highest BCUT2D eigenvalue weighted by atomic mass is 16.5. The minimum absolute atomic E-state index is 0.0620. The van der Waals surface area contributed by atoms with E-state index in [4.69, 9.17) is 10.5 Å². The lowest BCUT2D eigenvalue weighted by Gasteiger charge is -2.28. The van der Waals surface area contributed by atoms with Gasteiger partial charge < -0.3 is 15.8 Å². The largest absolute Gasteiger partial charge is 0.383 e. The number of ether oxygens (including phenoxy) is 1. The van der Waals surface area contributed by atoms with E-state index in [2.05, 4.69) is 12.2 Å². The van der Waals surface area contributed by atoms with E-state index in [0.29, 0.717) is 19.4 Å². The van der Waals surface area contributed by atoms with Gasteiger partial charge in [0.05, 0.1) is 18.2 Å². The second-order valence-corrected chi connectivity index (χ2v) is 4.28. The van der Waals surface area contributed by atoms with Crippen molar-refractivity contribution >= 4 is 5.91 Å². The maximum atomic E-state index is 12.0. The van der Waals surface area contributed by atoms with Crippen LogP contribution in [0, 0.1) is 0 Å². The van der Waals surface area contributed by atoms with Crippen LogP contribution in [0.5, 0.6) is 0 Å². The van der Waals surface area contributed by atoms with Gasteiger partial charge in [0.1, 0.15) is 0 Å². The molecule has 96 valence electrons. The average molecular weight is 230 g/mol. The molecule has 0 fully saturated rings. The highest BCUT2D eigenvalue weighted by molar-refractivity contribution is 5.86. The molecule has 4 nitrogen and oxygen atoms in total. The second kappa shape index (κ2) is 7.63. The van der Waals surface area contributed by atoms with Gasteiger partial charge in [-0.15, -0.1) is 0 Å². The zero-order chi connectivity index (χ0) is 12.6. The van der Waals surface area contributed by atoms with E-state index >= 15 is 0 Å². The van der Waals surface area contributed by atoms with Crippen molar-refractivity contribution in [2.24, 2.45) is 5.73 Å². The molecule has 0 aromatic heterocycles. The summed E-state index contributed by atoms with van der Waals surface area (Å²) in [5.41, 5.74) is 5.29. The van der Waals surface area contributed by atoms with Gasteiger partial charge in [0.15, 0.2) is 0 Å². The number of carbonyl (C=O) groups is 1. The summed E-state index contributed by atoms with van der Waals surface area (Å²) < 4.78 is 5.08. The van der Waals surface area contributed by atoms with Crippen molar-refractivity contribution in [3.8, 4) is 0 Å². The number of amides is 1. The molecule has 0 rings (SSSR count). The summed E-state index contributed by atoms with van der Waals surface area (Å²) in [5, 5.41) is 2.97. The first-order valence-electron chi connectivity index (χ1n) is 6.12. The third-order valence-electron chi connectivity index (χ3n) is 3.05. The van der Waals surface area contributed by atoms with E-state index in [0.717, 1.165) is 12.8 Å². The molecule has 1 amide bonds. The molecule has 3 N–H and O–H groups in total. The Morgan fingerprint density at radius 2 is 1.94 bits per heavy atom. The molecule has 0 spiro atoms. The van der Waals surface area contributed by atoms with Crippen molar-refractivity contribution in [2.75, 3.05) is 13.7 Å². The van der Waals surface area contributed by atoms with Crippen LogP contribution in [-0.4, -0.2) is 31.2 Å². The van der Waals surface area contributed by atoms with Gasteiger partial charge in [0.25, 0.3) is 0 Å². The lowest BCUT2D eigenvalue weighted by atomic mass is 9.92. The normalized spacial score (nSPS) is 13.6. The second-order valence-electron chi connectivity index (χ2n) is 4.28. The number of nitrogens with one attached hydrogen (secondary N) is 1. The molecule has 0 aliphatic heterocycles. The molecule has 1 unspecified atom stereocenters. The first-order chi connectivity index (χ1) is 7.53. The summed E-state index contributed by atoms with van der Waals surface area (Å²) in [6, 6.07) is 0.0727. The van der Waals surface area contributed by atoms with Gasteiger partial charge in [-0.1, -0.05) is 27.2 Å². The van der Waals surface area contributed by atoms with Crippen LogP contribution in [0.1, 0.15) is 46.5 Å². The summed E-state index contributed by atoms with van der Waals surface area (Å²) in [6.45, 7) is 6.51. The smallest absolute Gasteiger partial charge is 0.240 e. The molecule has 0 saturated heterocycles. The molecular weight excluding hydrogens is 204 g/mol. The van der Waals surface area contributed by atoms with Gasteiger partial charge in [-0.25, -0.2) is 0 Å². The van der Waals surface area contributed by atoms with Crippen molar-refractivity contribution in [3.63, 3.8) is 0 Å². The Bertz CT molecular complexity index is 197. The van der Waals surface area contributed by atoms with E-state index in [9.17, 15) is 4.79 Å². The fourth-order valence-corrected chi connectivity index (χ4v) is 1.65. The SMILES string of the molecule is CCCC(COC)NC(=O)C(N)(CC)CC. The van der Waals surface area contributed by atoms with E-state index in [1.807, 2.05) is 13.8 Å². The Labute approximate surface area is 98.9 Å². The highest BCUT2D eigenvalue weighted by Crippen LogP contribution is 2.12. The van der Waals surface area contributed by atoms with Crippen LogP contribution in [-0.2, 0) is 9.53 Å². The van der Waals surface area contributed by atoms with Crippen molar-refractivity contribution in [3.05, 3.63) is 0 Å². The predicted molar refractivity (Wildman–Crippen MR) is 66.2 cm³/mol. The lowest BCUT2D eigenvalue weighted by molar-refractivity contribution is -0.127. The molecule has 0 bridgehead atoms. The van der Waals surface area contributed by atoms with E-state index in [1.54, 1.807) is 7.11 Å². The van der Waals surface area contributed by atoms with Crippen LogP contribution in [0.3, 0.4) is 0 Å². The van der Waals surface area contributed by atoms with Crippen LogP contribution in [0.2, 0.25) is 0 Å². The molecule has 1 atom stereocenters. The zero-order valence-corrected chi connectivity index (χ0v) is 11.0. The molecule has 0 aromatic rings. The number of hydrogen-bond donors (Lipinski definition) is 2. The van der Waals surface area contributed by atoms with Crippen LogP contribution >= 0.6 is 0 Å². The van der Waals surface area contributed by atoms with E-state index < -0.39 is 5.54 Å². The summed E-state index contributed by atoms with van der Waals surface area (Å²) in [5.74, 6) is -0.0620. The quantitative estimate of drug-likeness (QED) is 0.663. The zero-order valence-electron chi connectivity index (χ0n) is 11.0. The average Bonchev–Trinajstić information content (AvgIpc) is 2.28. The van der Waals surface area contributed by atoms with Crippen molar-refractivity contribution in [1.29, 1.82) is 0 Å². The molecule has 4 heteroatoms. The minimum atomic E-state index is -0.736. The maximum absolute atomic E-state index is 12.0. The van der Waals surface area contributed by atoms with Gasteiger partial charge >= 0.3 is 0 Å². The molecule has 0 heterocycles. The van der Waals surface area contributed by atoms with Gasteiger partial charge in [0.2, 0.25) is 5.91 Å². The Morgan fingerprint density at radius 3 is 2.31 bits per heavy atom. The molecule has 16 heavy (non-hydrogen) atoms. The maximum Gasteiger partial charge on any atom is 0.240 e. The molecule has 0 saturated carbocycles. The first kappa shape index (κ1) is 15.4. The summed E-state index contributed by atoms with van der Waals surface area (Å²) in [7, 11) is 1.64. The number of methoxy groups -OCH3 is 1. The number of carbonyl (C=O) groups excluding carboxylic acids is 1. The van der Waals surface area contributed by atoms with Crippen LogP contribution in [0.4, 0.5) is 0 Å². The van der Waals surface area contributed by atoms with Gasteiger partial charge in [0, 0.05) is 7.11 Å². The molecular formula is C12H26N2O2. The monoisotopic (exact) mass is 230 g/mol. The number of nitrogens with two attached hydrogens (primary N) is 1. The lowest BCUT2D eigenvalue weighted by Crippen LogP contribution is -2.56. The fraction of sp³-hybridized carbons (Fsp3) is 0.917. The van der Waals surface area contributed by atoms with Crippen molar-refractivity contribution in [2.45, 2.75) is 58.0 Å². The highest BCUT2D eigenvalue weighted by Gasteiger charge is 2.31. The van der Waals surface area contributed by atoms with Gasteiger partial charge in [-0.3, -0.25) is 4.79 Å². The van der Waals surface area contributed by atoms with E-state index in [-0.39, 0.29) is 11.9 Å². The van der Waals surface area contributed by atoms with Crippen LogP contribution in [0.25, 0.3) is 0 Å². The molecule has 0 radical (unpaired) electrons. The van der Waals surface area contributed by atoms with Crippen LogP contribution in [0.15, 0.2) is 0 Å². The Balaban J connectivity index is 4.37. The summed E-state index contributed by atoms with van der Waals surface area (Å²) in [4.78, 5) is 12.0. The third kappa shape index (κ3) is 4.49. The molecule has 0 aromatic carbocycles. The first-order valence-corrected chi connectivity index (χ1v) is 6.12. The molecule has 0 aliphatic rings. The molecule has 0 aliphatic carbocycles. The Kier molecular flexibility index (Phi) is 7.34. The fourth-order valence-electron chi connectivity index (χ4n) is 1.65. The Hall–Kier alpha value is -0.610. The van der Waals surface area contributed by atoms with Gasteiger partial charge in [-0.05, 0) is 19.3 Å². The van der Waals surface area contributed by atoms with Gasteiger partial charge in [-0.2, -0.15) is 0 Å². The topological polar surface area (TPSA) is 64.3 Å². The van der Waals surface area contributed by atoms with E-state index in [1.165, 1.54) is 0 Å². The minimum Gasteiger partial charge on any atom is -0.383 e. The summed E-state index contributed by atoms with van der Waals surface area (Å²) in [6.07, 6.45) is 3.25. The predicted octanol–water partition coefficient (Wildman–Crippen LogP) is 1.44. The standard InChI is InChI=1S/C12H26N2O2/c1-5-8-10(9-16-4)14-11(15)12(13,6-2)7-3/h10H,5-9,13H2,1-4H3,(H,14,15). The summed E-state index contributed by atoms with van der Waals surface area (Å²) >= 11 is 0.